The third kappa shape index (κ3) is 4.06. The van der Waals surface area contributed by atoms with Crippen LogP contribution in [0.25, 0.3) is 0 Å². The first kappa shape index (κ1) is 17.6. The van der Waals surface area contributed by atoms with Gasteiger partial charge in [-0.3, -0.25) is 9.59 Å². The molecule has 2 unspecified atom stereocenters. The lowest BCUT2D eigenvalue weighted by Crippen LogP contribution is -2.40. The molecular formula is C23H21NO2. The van der Waals surface area contributed by atoms with Crippen LogP contribution >= 0.6 is 0 Å². The van der Waals surface area contributed by atoms with E-state index in [0.29, 0.717) is 11.1 Å². The lowest BCUT2D eigenvalue weighted by Gasteiger charge is -2.24. The summed E-state index contributed by atoms with van der Waals surface area (Å²) in [6.45, 7) is 1.87. The molecule has 3 heteroatoms. The van der Waals surface area contributed by atoms with E-state index < -0.39 is 5.92 Å². The molecule has 0 saturated carbocycles. The molecule has 0 bridgehead atoms. The standard InChI is InChI=1S/C23H21NO2/c1-17(24-23(26)20-15-9-4-10-16-20)21(18-11-5-2-6-12-18)22(25)19-13-7-3-8-14-19/h2-17,21H,1H3,(H,24,26). The zero-order chi connectivity index (χ0) is 18.4. The van der Waals surface area contributed by atoms with E-state index >= 15 is 0 Å². The Bertz CT molecular complexity index is 860. The normalized spacial score (nSPS) is 12.8. The first-order chi connectivity index (χ1) is 12.7. The van der Waals surface area contributed by atoms with Crippen LogP contribution in [-0.4, -0.2) is 17.7 Å². The number of rotatable bonds is 6. The van der Waals surface area contributed by atoms with Crippen LogP contribution in [0.4, 0.5) is 0 Å². The highest BCUT2D eigenvalue weighted by Gasteiger charge is 2.29. The molecule has 0 saturated heterocycles. The molecule has 0 spiro atoms. The molecule has 0 radical (unpaired) electrons. The number of nitrogens with one attached hydrogen (secondary N) is 1. The summed E-state index contributed by atoms with van der Waals surface area (Å²) >= 11 is 0. The first-order valence-electron chi connectivity index (χ1n) is 8.67. The van der Waals surface area contributed by atoms with Crippen molar-refractivity contribution in [1.82, 2.24) is 5.32 Å². The second-order valence-electron chi connectivity index (χ2n) is 6.25. The van der Waals surface area contributed by atoms with E-state index in [4.69, 9.17) is 0 Å². The van der Waals surface area contributed by atoms with Gasteiger partial charge in [0.15, 0.2) is 5.78 Å². The Morgan fingerprint density at radius 3 is 1.69 bits per heavy atom. The van der Waals surface area contributed by atoms with Gasteiger partial charge in [0.05, 0.1) is 5.92 Å². The molecule has 0 aliphatic heterocycles. The zero-order valence-corrected chi connectivity index (χ0v) is 14.6. The molecule has 26 heavy (non-hydrogen) atoms. The second-order valence-corrected chi connectivity index (χ2v) is 6.25. The van der Waals surface area contributed by atoms with Crippen LogP contribution in [0.3, 0.4) is 0 Å². The topological polar surface area (TPSA) is 46.2 Å². The van der Waals surface area contributed by atoms with Gasteiger partial charge >= 0.3 is 0 Å². The molecule has 1 amide bonds. The minimum Gasteiger partial charge on any atom is -0.349 e. The van der Waals surface area contributed by atoms with Gasteiger partial charge in [0, 0.05) is 17.2 Å². The molecule has 1 N–H and O–H groups in total. The van der Waals surface area contributed by atoms with E-state index in [9.17, 15) is 9.59 Å². The van der Waals surface area contributed by atoms with Crippen molar-refractivity contribution in [1.29, 1.82) is 0 Å². The molecule has 0 aliphatic rings. The van der Waals surface area contributed by atoms with E-state index in [-0.39, 0.29) is 17.7 Å². The number of ketones is 1. The number of benzene rings is 3. The van der Waals surface area contributed by atoms with Gasteiger partial charge in [0.2, 0.25) is 0 Å². The zero-order valence-electron chi connectivity index (χ0n) is 14.6. The fourth-order valence-corrected chi connectivity index (χ4v) is 3.07. The van der Waals surface area contributed by atoms with Gasteiger partial charge in [-0.2, -0.15) is 0 Å². The van der Waals surface area contributed by atoms with Crippen LogP contribution < -0.4 is 5.32 Å². The predicted octanol–water partition coefficient (Wildman–Crippen LogP) is 4.47. The number of carbonyl (C=O) groups is 2. The van der Waals surface area contributed by atoms with Crippen LogP contribution in [-0.2, 0) is 0 Å². The highest BCUT2D eigenvalue weighted by molar-refractivity contribution is 6.02. The van der Waals surface area contributed by atoms with E-state index in [1.165, 1.54) is 0 Å². The van der Waals surface area contributed by atoms with Gasteiger partial charge in [-0.15, -0.1) is 0 Å². The number of carbonyl (C=O) groups excluding carboxylic acids is 2. The molecule has 3 aromatic rings. The van der Waals surface area contributed by atoms with Crippen molar-refractivity contribution in [2.75, 3.05) is 0 Å². The second kappa shape index (κ2) is 8.26. The minimum absolute atomic E-state index is 0.00217. The highest BCUT2D eigenvalue weighted by atomic mass is 16.2. The van der Waals surface area contributed by atoms with E-state index in [1.54, 1.807) is 12.1 Å². The summed E-state index contributed by atoms with van der Waals surface area (Å²) in [7, 11) is 0. The van der Waals surface area contributed by atoms with Gasteiger partial charge < -0.3 is 5.32 Å². The van der Waals surface area contributed by atoms with Gasteiger partial charge in [-0.1, -0.05) is 78.9 Å². The third-order valence-electron chi connectivity index (χ3n) is 4.39. The predicted molar refractivity (Wildman–Crippen MR) is 103 cm³/mol. The number of amides is 1. The minimum atomic E-state index is -0.453. The molecule has 3 rings (SSSR count). The van der Waals surface area contributed by atoms with E-state index in [0.717, 1.165) is 5.56 Å². The Kier molecular flexibility index (Phi) is 5.59. The lowest BCUT2D eigenvalue weighted by molar-refractivity contribution is 0.0898. The van der Waals surface area contributed by atoms with Gasteiger partial charge in [0.25, 0.3) is 5.91 Å². The smallest absolute Gasteiger partial charge is 0.251 e. The van der Waals surface area contributed by atoms with Crippen LogP contribution in [0, 0.1) is 0 Å². The molecular weight excluding hydrogens is 322 g/mol. The van der Waals surface area contributed by atoms with E-state index in [2.05, 4.69) is 5.32 Å². The summed E-state index contributed by atoms with van der Waals surface area (Å²) in [6.07, 6.45) is 0. The Labute approximate surface area is 153 Å². The molecule has 2 atom stereocenters. The van der Waals surface area contributed by atoms with Crippen molar-refractivity contribution in [2.24, 2.45) is 0 Å². The van der Waals surface area contributed by atoms with Crippen molar-refractivity contribution >= 4 is 11.7 Å². The summed E-state index contributed by atoms with van der Waals surface area (Å²) in [5.74, 6) is -0.635. The maximum atomic E-state index is 13.2. The van der Waals surface area contributed by atoms with Crippen LogP contribution in [0.15, 0.2) is 91.0 Å². The molecule has 0 heterocycles. The van der Waals surface area contributed by atoms with Crippen molar-refractivity contribution in [3.8, 4) is 0 Å². The van der Waals surface area contributed by atoms with Crippen molar-refractivity contribution < 1.29 is 9.59 Å². The summed E-state index contributed by atoms with van der Waals surface area (Å²) < 4.78 is 0. The third-order valence-corrected chi connectivity index (χ3v) is 4.39. The summed E-state index contributed by atoms with van der Waals surface area (Å²) in [5.41, 5.74) is 2.11. The fraction of sp³-hybridized carbons (Fsp3) is 0.130. The molecule has 0 aromatic heterocycles. The average Bonchev–Trinajstić information content (AvgIpc) is 2.70. The monoisotopic (exact) mass is 343 g/mol. The summed E-state index contributed by atoms with van der Waals surface area (Å²) in [4.78, 5) is 25.7. The maximum Gasteiger partial charge on any atom is 0.251 e. The van der Waals surface area contributed by atoms with Crippen LogP contribution in [0.1, 0.15) is 39.1 Å². The quantitative estimate of drug-likeness (QED) is 0.671. The Balaban J connectivity index is 1.88. The average molecular weight is 343 g/mol. The summed E-state index contributed by atoms with van der Waals surface area (Å²) in [5, 5.41) is 2.99. The van der Waals surface area contributed by atoms with Crippen LogP contribution in [0.5, 0.6) is 0 Å². The summed E-state index contributed by atoms with van der Waals surface area (Å²) in [6, 6.07) is 27.5. The Hall–Kier alpha value is -3.20. The lowest BCUT2D eigenvalue weighted by atomic mass is 9.85. The number of hydrogen-bond acceptors (Lipinski definition) is 2. The van der Waals surface area contributed by atoms with Gasteiger partial charge in [-0.05, 0) is 24.6 Å². The largest absolute Gasteiger partial charge is 0.349 e. The molecule has 130 valence electrons. The fourth-order valence-electron chi connectivity index (χ4n) is 3.07. The SMILES string of the molecule is CC(NC(=O)c1ccccc1)C(C(=O)c1ccccc1)c1ccccc1. The highest BCUT2D eigenvalue weighted by Crippen LogP contribution is 2.25. The van der Waals surface area contributed by atoms with Gasteiger partial charge in [0.1, 0.15) is 0 Å². The molecule has 3 aromatic carbocycles. The number of Topliss-reactive ketones (excluding diaryl/α,β-unsaturated/α-hetero) is 1. The Morgan fingerprint density at radius 1 is 0.692 bits per heavy atom. The Morgan fingerprint density at radius 2 is 1.15 bits per heavy atom. The van der Waals surface area contributed by atoms with Crippen LogP contribution in [0.2, 0.25) is 0 Å². The van der Waals surface area contributed by atoms with E-state index in [1.807, 2.05) is 85.8 Å². The van der Waals surface area contributed by atoms with Crippen molar-refractivity contribution in [3.63, 3.8) is 0 Å². The molecule has 0 fully saturated rings. The van der Waals surface area contributed by atoms with Gasteiger partial charge in [-0.25, -0.2) is 0 Å². The molecule has 0 aliphatic carbocycles. The maximum absolute atomic E-state index is 13.2. The molecule has 3 nitrogen and oxygen atoms in total. The number of hydrogen-bond donors (Lipinski definition) is 1. The van der Waals surface area contributed by atoms with Crippen molar-refractivity contribution in [2.45, 2.75) is 18.9 Å². The first-order valence-corrected chi connectivity index (χ1v) is 8.67. The van der Waals surface area contributed by atoms with Crippen molar-refractivity contribution in [3.05, 3.63) is 108 Å².